The van der Waals surface area contributed by atoms with E-state index in [9.17, 15) is 6.63 Å². The van der Waals surface area contributed by atoms with Crippen molar-refractivity contribution in [1.82, 2.24) is 0 Å². The molecule has 41 heavy (non-hydrogen) atoms. The van der Waals surface area contributed by atoms with Crippen LogP contribution in [0.4, 0.5) is 0 Å². The number of hydrogen-bond donors (Lipinski definition) is 0. The van der Waals surface area contributed by atoms with E-state index < -0.39 is 5.89 Å². The van der Waals surface area contributed by atoms with Crippen molar-refractivity contribution < 1.29 is 10.4 Å². The standard InChI is InChI=1S/C38H39N2O/c1-25-11-21-32-33-22-20-31(24-39)36(38(33)41-37(32)35(25)34-10-6-7-23-40(34)2)30-18-16-29(17-19-30)28-14-12-27(13-15-28)26-8-4-3-5-9-26/h6-7,10-11,16-23,26-28H,3-5,8-9,12-15H2,1-2H3/q+1/i28D. The molecule has 0 unspecified atom stereocenters. The summed E-state index contributed by atoms with van der Waals surface area (Å²) in [6.07, 6.45) is 13.3. The van der Waals surface area contributed by atoms with Crippen molar-refractivity contribution in [2.24, 2.45) is 18.9 Å². The first kappa shape index (κ1) is 24.9. The Balaban J connectivity index is 1.27. The summed E-state index contributed by atoms with van der Waals surface area (Å²) in [5.41, 5.74) is 8.40. The molecule has 3 nitrogen and oxygen atoms in total. The zero-order valence-electron chi connectivity index (χ0n) is 25.2. The summed E-state index contributed by atoms with van der Waals surface area (Å²) in [5.74, 6) is 1.16. The van der Waals surface area contributed by atoms with Crippen molar-refractivity contribution in [3.05, 3.63) is 89.6 Å². The number of furan rings is 1. The number of hydrogen-bond acceptors (Lipinski definition) is 2. The molecule has 0 saturated heterocycles. The van der Waals surface area contributed by atoms with Gasteiger partial charge in [0.1, 0.15) is 18.2 Å². The van der Waals surface area contributed by atoms with Crippen molar-refractivity contribution in [2.45, 2.75) is 70.6 Å². The molecule has 2 aromatic heterocycles. The predicted octanol–water partition coefficient (Wildman–Crippen LogP) is 9.78. The van der Waals surface area contributed by atoms with Crippen LogP contribution in [0.3, 0.4) is 0 Å². The van der Waals surface area contributed by atoms with Gasteiger partial charge in [-0.25, -0.2) is 4.57 Å². The molecule has 2 saturated carbocycles. The van der Waals surface area contributed by atoms with Gasteiger partial charge in [0.25, 0.3) is 0 Å². The summed E-state index contributed by atoms with van der Waals surface area (Å²) in [6, 6.07) is 25.3. The molecule has 7 rings (SSSR count). The molecule has 0 aliphatic heterocycles. The first-order valence-corrected chi connectivity index (χ1v) is 15.4. The highest BCUT2D eigenvalue weighted by atomic mass is 16.3. The lowest BCUT2D eigenvalue weighted by Gasteiger charge is -2.36. The Morgan fingerprint density at radius 3 is 2.17 bits per heavy atom. The monoisotopic (exact) mass is 540 g/mol. The van der Waals surface area contributed by atoms with E-state index in [1.165, 1.54) is 44.9 Å². The maximum Gasteiger partial charge on any atom is 0.216 e. The third-order valence-electron chi connectivity index (χ3n) is 9.98. The lowest BCUT2D eigenvalue weighted by molar-refractivity contribution is -0.660. The zero-order chi connectivity index (χ0) is 28.8. The van der Waals surface area contributed by atoms with Gasteiger partial charge in [0, 0.05) is 29.8 Å². The highest BCUT2D eigenvalue weighted by molar-refractivity contribution is 6.14. The van der Waals surface area contributed by atoms with Gasteiger partial charge in [-0.2, -0.15) is 5.26 Å². The van der Waals surface area contributed by atoms with Gasteiger partial charge < -0.3 is 4.42 Å². The molecule has 2 aliphatic carbocycles. The Morgan fingerprint density at radius 2 is 1.46 bits per heavy atom. The molecule has 0 amide bonds. The Bertz CT molecular complexity index is 1810. The largest absolute Gasteiger partial charge is 0.454 e. The van der Waals surface area contributed by atoms with Crippen LogP contribution in [0.5, 0.6) is 0 Å². The zero-order valence-corrected chi connectivity index (χ0v) is 24.2. The van der Waals surface area contributed by atoms with E-state index >= 15 is 0 Å². The molecule has 0 atom stereocenters. The van der Waals surface area contributed by atoms with E-state index in [0.717, 1.165) is 80.1 Å². The molecule has 0 spiro atoms. The SMILES string of the molecule is [2H]C1(c2ccc(-c3c(C#N)ccc4c3oc3c(-c5cccc[n+]5C)c(C)ccc34)cc2)CCC(C2CCCCC2)CC1. The Morgan fingerprint density at radius 1 is 0.780 bits per heavy atom. The molecule has 5 aromatic rings. The van der Waals surface area contributed by atoms with Crippen molar-refractivity contribution in [2.75, 3.05) is 0 Å². The first-order valence-electron chi connectivity index (χ1n) is 15.9. The maximum atomic E-state index is 10.1. The molecule has 0 bridgehead atoms. The van der Waals surface area contributed by atoms with Crippen LogP contribution in [0, 0.1) is 30.1 Å². The molecule has 2 fully saturated rings. The summed E-state index contributed by atoms with van der Waals surface area (Å²) in [4.78, 5) is 0. The summed E-state index contributed by atoms with van der Waals surface area (Å²) in [5, 5.41) is 12.2. The van der Waals surface area contributed by atoms with Crippen LogP contribution in [-0.2, 0) is 7.05 Å². The predicted molar refractivity (Wildman–Crippen MR) is 166 cm³/mol. The van der Waals surface area contributed by atoms with Gasteiger partial charge >= 0.3 is 0 Å². The molecule has 0 N–H and O–H groups in total. The van der Waals surface area contributed by atoms with Crippen LogP contribution in [0.1, 0.15) is 81.7 Å². The fraction of sp³-hybridized carbons (Fsp3) is 0.368. The van der Waals surface area contributed by atoms with Crippen molar-refractivity contribution in [3.8, 4) is 28.5 Å². The number of fused-ring (bicyclic) bond motifs is 3. The van der Waals surface area contributed by atoms with Crippen molar-refractivity contribution >= 4 is 21.9 Å². The molecule has 0 radical (unpaired) electrons. The first-order chi connectivity index (χ1) is 20.5. The molecular weight excluding hydrogens is 500 g/mol. The van der Waals surface area contributed by atoms with Crippen LogP contribution in [-0.4, -0.2) is 0 Å². The fourth-order valence-electron chi connectivity index (χ4n) is 7.71. The second kappa shape index (κ2) is 10.8. The number of aryl methyl sites for hydroxylation is 2. The van der Waals surface area contributed by atoms with Gasteiger partial charge in [-0.3, -0.25) is 0 Å². The maximum absolute atomic E-state index is 10.1. The second-order valence-electron chi connectivity index (χ2n) is 12.3. The Hall–Kier alpha value is -3.90. The number of pyridine rings is 1. The van der Waals surface area contributed by atoms with Crippen molar-refractivity contribution in [3.63, 3.8) is 0 Å². The molecule has 3 aromatic carbocycles. The van der Waals surface area contributed by atoms with Gasteiger partial charge in [-0.1, -0.05) is 68.5 Å². The topological polar surface area (TPSA) is 40.8 Å². The van der Waals surface area contributed by atoms with E-state index in [4.69, 9.17) is 4.42 Å². The molecule has 2 aliphatic rings. The van der Waals surface area contributed by atoms with Gasteiger partial charge in [-0.05, 0) is 85.2 Å². The average molecular weight is 541 g/mol. The van der Waals surface area contributed by atoms with Crippen LogP contribution in [0.2, 0.25) is 0 Å². The average Bonchev–Trinajstić information content (AvgIpc) is 3.40. The van der Waals surface area contributed by atoms with Gasteiger partial charge in [0.05, 0.1) is 17.2 Å². The minimum Gasteiger partial charge on any atom is -0.454 e. The highest BCUT2D eigenvalue weighted by Gasteiger charge is 2.29. The molecular formula is C38H39N2O+. The van der Waals surface area contributed by atoms with Crippen LogP contribution in [0.15, 0.2) is 77.3 Å². The van der Waals surface area contributed by atoms with E-state index in [2.05, 4.69) is 79.3 Å². The highest BCUT2D eigenvalue weighted by Crippen LogP contribution is 2.45. The number of nitrogens with zero attached hydrogens (tertiary/aromatic N) is 2. The number of benzene rings is 3. The molecule has 3 heteroatoms. The van der Waals surface area contributed by atoms with E-state index in [1.807, 2.05) is 18.2 Å². The van der Waals surface area contributed by atoms with E-state index in [1.54, 1.807) is 0 Å². The Kier molecular flexibility index (Phi) is 6.56. The summed E-state index contributed by atoms with van der Waals surface area (Å²) in [6.45, 7) is 2.12. The molecule has 2 heterocycles. The minimum absolute atomic E-state index is 0.523. The summed E-state index contributed by atoms with van der Waals surface area (Å²) in [7, 11) is 2.05. The van der Waals surface area contributed by atoms with Gasteiger partial charge in [-0.15, -0.1) is 0 Å². The Labute approximate surface area is 244 Å². The number of nitriles is 1. The minimum atomic E-state index is -0.523. The van der Waals surface area contributed by atoms with Gasteiger partial charge in [0.2, 0.25) is 5.69 Å². The summed E-state index contributed by atoms with van der Waals surface area (Å²) < 4.78 is 18.2. The lowest BCUT2D eigenvalue weighted by atomic mass is 9.70. The quantitative estimate of drug-likeness (QED) is 0.213. The number of rotatable bonds is 4. The fourth-order valence-corrected chi connectivity index (χ4v) is 7.71. The smallest absolute Gasteiger partial charge is 0.216 e. The van der Waals surface area contributed by atoms with Crippen LogP contribution in [0.25, 0.3) is 44.3 Å². The molecule has 206 valence electrons. The number of aromatic nitrogens is 1. The lowest BCUT2D eigenvalue weighted by Crippen LogP contribution is -2.30. The third kappa shape index (κ3) is 4.64. The summed E-state index contributed by atoms with van der Waals surface area (Å²) >= 11 is 0. The normalized spacial score (nSPS) is 22.1. The van der Waals surface area contributed by atoms with E-state index in [0.29, 0.717) is 5.56 Å². The van der Waals surface area contributed by atoms with E-state index in [-0.39, 0.29) is 0 Å². The second-order valence-corrected chi connectivity index (χ2v) is 12.3. The third-order valence-corrected chi connectivity index (χ3v) is 9.98. The van der Waals surface area contributed by atoms with Gasteiger partial charge in [0.15, 0.2) is 6.20 Å². The van der Waals surface area contributed by atoms with Crippen LogP contribution < -0.4 is 4.57 Å². The van der Waals surface area contributed by atoms with Crippen molar-refractivity contribution in [1.29, 1.82) is 5.26 Å². The van der Waals surface area contributed by atoms with Crippen LogP contribution >= 0.6 is 0 Å².